The second kappa shape index (κ2) is 17.2. The lowest BCUT2D eigenvalue weighted by Gasteiger charge is -2.06. The minimum Gasteiger partial charge on any atom is -0.370 e. The van der Waals surface area contributed by atoms with Gasteiger partial charge in [0.1, 0.15) is 0 Å². The highest BCUT2D eigenvalue weighted by Gasteiger charge is 1.89. The fraction of sp³-hybridized carbons (Fsp3) is 0.833. The van der Waals surface area contributed by atoms with Gasteiger partial charge in [-0.15, -0.1) is 0 Å². The molecule has 0 aromatic rings. The Labute approximate surface area is 150 Å². The number of hydrogen-bond donors (Lipinski definition) is 6. The molecule has 0 aliphatic carbocycles. The Bertz CT molecular complexity index is 422. The van der Waals surface area contributed by atoms with Crippen LogP contribution in [0.1, 0.15) is 12.8 Å². The number of nitrogens with two attached hydrogens (primary N) is 4. The van der Waals surface area contributed by atoms with Crippen molar-refractivity contribution < 1.29 is 17.5 Å². The van der Waals surface area contributed by atoms with Crippen LogP contribution in [0.2, 0.25) is 0 Å². The molecule has 0 bridgehead atoms. The molecular formula is C12H34N8O4S. The van der Waals surface area contributed by atoms with E-state index in [0.29, 0.717) is 0 Å². The van der Waals surface area contributed by atoms with Crippen molar-refractivity contribution in [3.63, 3.8) is 0 Å². The van der Waals surface area contributed by atoms with E-state index >= 15 is 0 Å². The number of aliphatic imine (C=N–C) groups is 2. The third-order valence-corrected chi connectivity index (χ3v) is 2.12. The largest absolute Gasteiger partial charge is 0.394 e. The Balaban J connectivity index is -0.000000308. The third-order valence-electron chi connectivity index (χ3n) is 2.12. The van der Waals surface area contributed by atoms with Crippen LogP contribution >= 0.6 is 0 Å². The predicted molar refractivity (Wildman–Crippen MR) is 102 cm³/mol. The van der Waals surface area contributed by atoms with E-state index in [9.17, 15) is 0 Å². The van der Waals surface area contributed by atoms with Crippen LogP contribution in [0.4, 0.5) is 0 Å². The molecule has 0 aliphatic rings. The monoisotopic (exact) mass is 386 g/mol. The number of guanidine groups is 2. The fourth-order valence-corrected chi connectivity index (χ4v) is 1.19. The first-order valence-electron chi connectivity index (χ1n) is 7.35. The molecule has 13 heteroatoms. The van der Waals surface area contributed by atoms with E-state index in [-0.39, 0.29) is 11.9 Å². The molecule has 0 radical (unpaired) electrons. The first kappa shape index (κ1) is 28.1. The van der Waals surface area contributed by atoms with Gasteiger partial charge in [-0.1, -0.05) is 0 Å². The maximum absolute atomic E-state index is 8.74. The summed E-state index contributed by atoms with van der Waals surface area (Å²) >= 11 is 0. The molecule has 0 spiro atoms. The molecule has 25 heavy (non-hydrogen) atoms. The molecule has 0 unspecified atom stereocenters. The van der Waals surface area contributed by atoms with E-state index in [1.807, 2.05) is 28.2 Å². The van der Waals surface area contributed by atoms with Crippen molar-refractivity contribution in [3.8, 4) is 0 Å². The molecule has 0 atom stereocenters. The Hall–Kier alpha value is -1.67. The maximum atomic E-state index is 8.74. The quantitative estimate of drug-likeness (QED) is 0.114. The van der Waals surface area contributed by atoms with Crippen molar-refractivity contribution >= 4 is 22.3 Å². The Kier molecular flexibility index (Phi) is 19.3. The van der Waals surface area contributed by atoms with Crippen molar-refractivity contribution in [2.45, 2.75) is 12.8 Å². The minimum absolute atomic E-state index is 0.179. The smallest absolute Gasteiger partial charge is 0.370 e. The van der Waals surface area contributed by atoms with E-state index in [1.54, 1.807) is 0 Å². The second-order valence-corrected chi connectivity index (χ2v) is 6.27. The van der Waals surface area contributed by atoms with E-state index < -0.39 is 10.4 Å². The molecule has 152 valence electrons. The van der Waals surface area contributed by atoms with E-state index in [1.165, 1.54) is 0 Å². The molecule has 0 saturated carbocycles. The normalized spacial score (nSPS) is 10.2. The highest BCUT2D eigenvalue weighted by atomic mass is 32.3. The summed E-state index contributed by atoms with van der Waals surface area (Å²) in [4.78, 5) is 11.9. The molecule has 12 nitrogen and oxygen atoms in total. The third kappa shape index (κ3) is 60.7. The summed E-state index contributed by atoms with van der Waals surface area (Å²) in [6, 6.07) is 0. The molecule has 0 aromatic carbocycles. The van der Waals surface area contributed by atoms with Crippen LogP contribution in [0.5, 0.6) is 0 Å². The van der Waals surface area contributed by atoms with E-state index in [4.69, 9.17) is 40.5 Å². The van der Waals surface area contributed by atoms with E-state index in [2.05, 4.69) is 19.8 Å². The number of hydrogen-bond acceptors (Lipinski definition) is 6. The zero-order valence-corrected chi connectivity index (χ0v) is 16.3. The standard InChI is InChI=1S/2C6H16N4.H2O4S/c2*1-10(2)5-3-4-9-6(7)8;1-5(2,3)4/h2*3-5H2,1-2H3,(H4,7,8,9);(H2,1,2,3,4). The molecule has 0 heterocycles. The van der Waals surface area contributed by atoms with Gasteiger partial charge in [0.25, 0.3) is 0 Å². The van der Waals surface area contributed by atoms with Gasteiger partial charge >= 0.3 is 10.4 Å². The van der Waals surface area contributed by atoms with Crippen LogP contribution in [-0.4, -0.2) is 93.6 Å². The van der Waals surface area contributed by atoms with Crippen molar-refractivity contribution in [3.05, 3.63) is 0 Å². The SMILES string of the molecule is CN(C)CCCN=C(N)N.CN(C)CCCN=C(N)N.O=S(=O)(O)O. The van der Waals surface area contributed by atoms with Crippen molar-refractivity contribution in [2.24, 2.45) is 32.9 Å². The van der Waals surface area contributed by atoms with Gasteiger partial charge in [-0.3, -0.25) is 19.1 Å². The second-order valence-electron chi connectivity index (χ2n) is 5.37. The number of rotatable bonds is 8. The molecule has 0 rings (SSSR count). The molecule has 0 amide bonds. The van der Waals surface area contributed by atoms with Gasteiger partial charge in [0.15, 0.2) is 11.9 Å². The van der Waals surface area contributed by atoms with Crippen LogP contribution in [0, 0.1) is 0 Å². The van der Waals surface area contributed by atoms with Gasteiger partial charge in [0, 0.05) is 13.1 Å². The van der Waals surface area contributed by atoms with Crippen LogP contribution < -0.4 is 22.9 Å². The lowest BCUT2D eigenvalue weighted by atomic mass is 10.4. The van der Waals surface area contributed by atoms with Gasteiger partial charge in [-0.05, 0) is 54.1 Å². The van der Waals surface area contributed by atoms with Crippen LogP contribution in [0.3, 0.4) is 0 Å². The summed E-state index contributed by atoms with van der Waals surface area (Å²) in [5.41, 5.74) is 20.5. The molecule has 0 fully saturated rings. The topological polar surface area (TPSA) is 210 Å². The molecule has 0 saturated heterocycles. The van der Waals surface area contributed by atoms with Gasteiger partial charge in [0.05, 0.1) is 0 Å². The zero-order chi connectivity index (χ0) is 20.5. The highest BCUT2D eigenvalue weighted by molar-refractivity contribution is 7.79. The summed E-state index contributed by atoms with van der Waals surface area (Å²) in [5, 5.41) is 0. The van der Waals surface area contributed by atoms with Crippen LogP contribution in [0.25, 0.3) is 0 Å². The first-order chi connectivity index (χ1) is 11.3. The van der Waals surface area contributed by atoms with Gasteiger partial charge in [-0.2, -0.15) is 8.42 Å². The molecular weight excluding hydrogens is 352 g/mol. The summed E-state index contributed by atoms with van der Waals surface area (Å²) in [5.74, 6) is 0.359. The Morgan fingerprint density at radius 2 is 1.04 bits per heavy atom. The molecule has 10 N–H and O–H groups in total. The van der Waals surface area contributed by atoms with Crippen LogP contribution in [0.15, 0.2) is 9.98 Å². The summed E-state index contributed by atoms with van der Waals surface area (Å²) in [6.07, 6.45) is 2.01. The van der Waals surface area contributed by atoms with Gasteiger partial charge in [0.2, 0.25) is 0 Å². The summed E-state index contributed by atoms with van der Waals surface area (Å²) in [7, 11) is 3.43. The highest BCUT2D eigenvalue weighted by Crippen LogP contribution is 1.83. The predicted octanol–water partition coefficient (Wildman–Crippen LogP) is -2.23. The van der Waals surface area contributed by atoms with Gasteiger partial charge < -0.3 is 32.7 Å². The summed E-state index contributed by atoms with van der Waals surface area (Å²) < 4.78 is 31.6. The Morgan fingerprint density at radius 3 is 1.20 bits per heavy atom. The van der Waals surface area contributed by atoms with Gasteiger partial charge in [-0.25, -0.2) is 0 Å². The first-order valence-corrected chi connectivity index (χ1v) is 8.75. The average molecular weight is 387 g/mol. The minimum atomic E-state index is -4.67. The fourth-order valence-electron chi connectivity index (χ4n) is 1.19. The Morgan fingerprint density at radius 1 is 0.800 bits per heavy atom. The summed E-state index contributed by atoms with van der Waals surface area (Å²) in [6.45, 7) is 3.49. The number of nitrogens with zero attached hydrogens (tertiary/aromatic N) is 4. The molecule has 0 aliphatic heterocycles. The van der Waals surface area contributed by atoms with Crippen molar-refractivity contribution in [1.29, 1.82) is 0 Å². The average Bonchev–Trinajstić information content (AvgIpc) is 2.38. The zero-order valence-electron chi connectivity index (χ0n) is 15.5. The van der Waals surface area contributed by atoms with Crippen molar-refractivity contribution in [1.82, 2.24) is 9.80 Å². The maximum Gasteiger partial charge on any atom is 0.394 e. The van der Waals surface area contributed by atoms with Crippen LogP contribution in [-0.2, 0) is 10.4 Å². The van der Waals surface area contributed by atoms with Crippen molar-refractivity contribution in [2.75, 3.05) is 54.4 Å². The molecule has 0 aromatic heterocycles. The lowest BCUT2D eigenvalue weighted by Crippen LogP contribution is -2.23. The lowest BCUT2D eigenvalue weighted by molar-refractivity contribution is 0.381. The van der Waals surface area contributed by atoms with E-state index in [0.717, 1.165) is 39.0 Å².